The van der Waals surface area contributed by atoms with Gasteiger partial charge in [-0.3, -0.25) is 24.3 Å². The van der Waals surface area contributed by atoms with E-state index in [4.69, 9.17) is 18.9 Å². The molecule has 1 saturated carbocycles. The van der Waals surface area contributed by atoms with Gasteiger partial charge in [-0.05, 0) is 35.8 Å². The minimum absolute atomic E-state index is 0.0287. The first-order chi connectivity index (χ1) is 24.4. The second kappa shape index (κ2) is 15.1. The van der Waals surface area contributed by atoms with Gasteiger partial charge in [0.15, 0.2) is 11.5 Å². The van der Waals surface area contributed by atoms with E-state index in [9.17, 15) is 24.0 Å². The van der Waals surface area contributed by atoms with E-state index in [2.05, 4.69) is 20.6 Å². The Kier molecular flexibility index (Phi) is 10.6. The largest absolute Gasteiger partial charge is 0.486 e. The molecule has 2 N–H and O–H groups in total. The van der Waals surface area contributed by atoms with Crippen molar-refractivity contribution in [3.05, 3.63) is 47.5 Å². The maximum Gasteiger partial charge on any atom is 0.410 e. The fourth-order valence-electron chi connectivity index (χ4n) is 7.36. The van der Waals surface area contributed by atoms with Crippen LogP contribution in [0.3, 0.4) is 0 Å². The number of hydrogen-bond acceptors (Lipinski definition) is 11. The average molecular weight is 707 g/mol. The number of amides is 4. The van der Waals surface area contributed by atoms with Crippen molar-refractivity contribution in [3.63, 3.8) is 0 Å². The number of methoxy groups -OCH3 is 1. The molecule has 15 heteroatoms. The zero-order valence-electron chi connectivity index (χ0n) is 29.5. The Balaban J connectivity index is 1.16. The lowest BCUT2D eigenvalue weighted by Crippen LogP contribution is -2.61. The summed E-state index contributed by atoms with van der Waals surface area (Å²) in [6.07, 6.45) is 7.17. The Morgan fingerprint density at radius 1 is 0.980 bits per heavy atom. The first kappa shape index (κ1) is 35.9. The molecule has 6 rings (SSSR count). The summed E-state index contributed by atoms with van der Waals surface area (Å²) in [4.78, 5) is 79.0. The SMILES string of the molecule is COC(=O)[C@@H]1C[C@@H](OC(=O)N2Cc3ccc4c(c3C2)OCCO4)CN1C(=O)[C@@H](NC(=O)[C@@H](NC(=O)c1cnccn1)C1CCCCC1)C(C)(C)C. The van der Waals surface area contributed by atoms with Crippen LogP contribution in [0.5, 0.6) is 11.5 Å². The second-order valence-electron chi connectivity index (χ2n) is 14.6. The van der Waals surface area contributed by atoms with Crippen LogP contribution >= 0.6 is 0 Å². The first-order valence-electron chi connectivity index (χ1n) is 17.6. The van der Waals surface area contributed by atoms with Crippen molar-refractivity contribution in [3.8, 4) is 11.5 Å². The van der Waals surface area contributed by atoms with Crippen molar-refractivity contribution in [1.82, 2.24) is 30.4 Å². The molecule has 4 amide bonds. The summed E-state index contributed by atoms with van der Waals surface area (Å²) in [5, 5.41) is 5.78. The lowest BCUT2D eigenvalue weighted by molar-refractivity contribution is -0.153. The predicted molar refractivity (Wildman–Crippen MR) is 180 cm³/mol. The molecule has 274 valence electrons. The van der Waals surface area contributed by atoms with Gasteiger partial charge in [-0.25, -0.2) is 14.6 Å². The van der Waals surface area contributed by atoms with Crippen LogP contribution in [0.15, 0.2) is 30.7 Å². The Morgan fingerprint density at radius 2 is 1.75 bits per heavy atom. The van der Waals surface area contributed by atoms with E-state index in [0.717, 1.165) is 43.2 Å². The molecule has 1 aromatic carbocycles. The number of aromatic nitrogens is 2. The molecule has 0 bridgehead atoms. The van der Waals surface area contributed by atoms with Gasteiger partial charge in [-0.1, -0.05) is 46.1 Å². The molecule has 15 nitrogen and oxygen atoms in total. The van der Waals surface area contributed by atoms with Crippen LogP contribution < -0.4 is 20.1 Å². The Morgan fingerprint density at radius 3 is 2.45 bits per heavy atom. The molecule has 4 atom stereocenters. The molecule has 4 aliphatic rings. The molecular weight excluding hydrogens is 660 g/mol. The number of ether oxygens (including phenoxy) is 4. The third kappa shape index (κ3) is 7.86. The molecule has 0 radical (unpaired) electrons. The zero-order valence-corrected chi connectivity index (χ0v) is 29.5. The first-order valence-corrected chi connectivity index (χ1v) is 17.6. The Hall–Kier alpha value is -4.95. The number of nitrogens with one attached hydrogen (secondary N) is 2. The third-order valence-corrected chi connectivity index (χ3v) is 10.0. The van der Waals surface area contributed by atoms with Crippen molar-refractivity contribution < 1.29 is 42.9 Å². The average Bonchev–Trinajstić information content (AvgIpc) is 3.77. The summed E-state index contributed by atoms with van der Waals surface area (Å²) in [7, 11) is 1.23. The highest BCUT2D eigenvalue weighted by Crippen LogP contribution is 2.40. The third-order valence-electron chi connectivity index (χ3n) is 10.0. The van der Waals surface area contributed by atoms with Crippen molar-refractivity contribution in [2.24, 2.45) is 11.3 Å². The number of carbonyl (C=O) groups is 5. The van der Waals surface area contributed by atoms with Gasteiger partial charge in [0.05, 0.1) is 26.4 Å². The van der Waals surface area contributed by atoms with Gasteiger partial charge >= 0.3 is 12.1 Å². The summed E-state index contributed by atoms with van der Waals surface area (Å²) in [5.41, 5.74) is 1.06. The highest BCUT2D eigenvalue weighted by Gasteiger charge is 2.48. The van der Waals surface area contributed by atoms with Crippen LogP contribution in [-0.2, 0) is 36.9 Å². The predicted octanol–water partition coefficient (Wildman–Crippen LogP) is 2.75. The molecule has 1 aliphatic carbocycles. The number of esters is 1. The summed E-state index contributed by atoms with van der Waals surface area (Å²) in [5.74, 6) is -1.10. The summed E-state index contributed by atoms with van der Waals surface area (Å²) in [6, 6.07) is 0.680. The topological polar surface area (TPSA) is 179 Å². The summed E-state index contributed by atoms with van der Waals surface area (Å²) >= 11 is 0. The lowest BCUT2D eigenvalue weighted by Gasteiger charge is -2.37. The molecule has 1 saturated heterocycles. The van der Waals surface area contributed by atoms with Crippen LogP contribution in [0, 0.1) is 11.3 Å². The quantitative estimate of drug-likeness (QED) is 0.386. The van der Waals surface area contributed by atoms with E-state index in [-0.39, 0.29) is 31.1 Å². The van der Waals surface area contributed by atoms with Crippen LogP contribution in [0.25, 0.3) is 0 Å². The van der Waals surface area contributed by atoms with Gasteiger partial charge < -0.3 is 34.5 Å². The highest BCUT2D eigenvalue weighted by atomic mass is 16.6. The van der Waals surface area contributed by atoms with Crippen LogP contribution in [0.1, 0.15) is 80.9 Å². The number of likely N-dealkylation sites (tertiary alicyclic amines) is 1. The van der Waals surface area contributed by atoms with Crippen LogP contribution in [0.2, 0.25) is 0 Å². The number of fused-ring (bicyclic) bond motifs is 3. The molecule has 3 aliphatic heterocycles. The molecule has 1 aromatic heterocycles. The van der Waals surface area contributed by atoms with Gasteiger partial charge in [0.25, 0.3) is 5.91 Å². The molecule has 0 spiro atoms. The van der Waals surface area contributed by atoms with E-state index < -0.39 is 59.4 Å². The van der Waals surface area contributed by atoms with Crippen molar-refractivity contribution >= 4 is 29.8 Å². The van der Waals surface area contributed by atoms with Gasteiger partial charge in [-0.15, -0.1) is 0 Å². The van der Waals surface area contributed by atoms with E-state index in [1.807, 2.05) is 32.9 Å². The smallest absolute Gasteiger partial charge is 0.410 e. The van der Waals surface area contributed by atoms with E-state index in [0.29, 0.717) is 31.3 Å². The number of carbonyl (C=O) groups excluding carboxylic acids is 5. The summed E-state index contributed by atoms with van der Waals surface area (Å²) in [6.45, 7) is 6.81. The fraction of sp³-hybridized carbons (Fsp3) is 0.583. The maximum atomic E-state index is 14.4. The highest BCUT2D eigenvalue weighted by molar-refractivity contribution is 5.98. The van der Waals surface area contributed by atoms with Gasteiger partial charge in [-0.2, -0.15) is 0 Å². The number of benzene rings is 1. The second-order valence-corrected chi connectivity index (χ2v) is 14.6. The van der Waals surface area contributed by atoms with Crippen molar-refractivity contribution in [2.45, 2.75) is 96.6 Å². The van der Waals surface area contributed by atoms with Crippen molar-refractivity contribution in [2.75, 3.05) is 26.9 Å². The molecule has 4 heterocycles. The maximum absolute atomic E-state index is 14.4. The lowest BCUT2D eigenvalue weighted by atomic mass is 9.82. The monoisotopic (exact) mass is 706 g/mol. The van der Waals surface area contributed by atoms with Crippen LogP contribution in [-0.4, -0.2) is 101 Å². The normalized spacial score (nSPS) is 21.3. The van der Waals surface area contributed by atoms with Gasteiger partial charge in [0, 0.05) is 30.9 Å². The number of nitrogens with zero attached hydrogens (tertiary/aromatic N) is 4. The molecule has 0 unspecified atom stereocenters. The van der Waals surface area contributed by atoms with E-state index >= 15 is 0 Å². The number of rotatable bonds is 8. The molecule has 51 heavy (non-hydrogen) atoms. The molecule has 2 aromatic rings. The zero-order chi connectivity index (χ0) is 36.3. The number of hydrogen-bond donors (Lipinski definition) is 2. The fourth-order valence-corrected chi connectivity index (χ4v) is 7.36. The van der Waals surface area contributed by atoms with Gasteiger partial charge in [0.2, 0.25) is 11.8 Å². The minimum Gasteiger partial charge on any atom is -0.486 e. The summed E-state index contributed by atoms with van der Waals surface area (Å²) < 4.78 is 22.5. The van der Waals surface area contributed by atoms with E-state index in [1.165, 1.54) is 30.6 Å². The van der Waals surface area contributed by atoms with Crippen LogP contribution in [0.4, 0.5) is 4.79 Å². The Bertz CT molecular complexity index is 1640. The standard InChI is InChI=1S/C36H46N6O9/c1-36(2,3)30(40-32(44)28(21-8-6-5-7-9-21)39-31(43)25-17-37-12-13-38-25)33(45)42-19-23(16-26(42)34(46)48-4)51-35(47)41-18-22-10-11-27-29(24(22)20-41)50-15-14-49-27/h10-13,17,21,23,26,28,30H,5-9,14-16,18-20H2,1-4H3,(H,39,43)(H,40,44)/t23-,26+,28+,30-/m1/s1. The molecular formula is C36H46N6O9. The van der Waals surface area contributed by atoms with Crippen molar-refractivity contribution in [1.29, 1.82) is 0 Å². The minimum atomic E-state index is -1.09. The molecule has 2 fully saturated rings. The van der Waals surface area contributed by atoms with E-state index in [1.54, 1.807) is 4.90 Å². The van der Waals surface area contributed by atoms with Gasteiger partial charge in [0.1, 0.15) is 43.1 Å². The Labute approximate surface area is 296 Å².